The lowest BCUT2D eigenvalue weighted by atomic mass is 10.1. The second kappa shape index (κ2) is 5.27. The van der Waals surface area contributed by atoms with Crippen LogP contribution in [0.15, 0.2) is 29.3 Å². The van der Waals surface area contributed by atoms with Gasteiger partial charge in [-0.25, -0.2) is 0 Å². The second-order valence-electron chi connectivity index (χ2n) is 2.63. The smallest absolute Gasteiger partial charge is 0.309 e. The highest BCUT2D eigenvalue weighted by molar-refractivity contribution is 7.78. The molecule has 1 aromatic rings. The topological polar surface area (TPSA) is 38.7 Å². The Hall–Kier alpha value is -1.51. The molecule has 0 aliphatic rings. The van der Waals surface area contributed by atoms with Gasteiger partial charge in [-0.3, -0.25) is 4.79 Å². The maximum atomic E-state index is 11.0. The van der Waals surface area contributed by atoms with Crippen LogP contribution < -0.4 is 0 Å². The summed E-state index contributed by atoms with van der Waals surface area (Å²) >= 11 is 4.48. The summed E-state index contributed by atoms with van der Waals surface area (Å²) < 4.78 is 4.55. The van der Waals surface area contributed by atoms with Crippen molar-refractivity contribution in [2.75, 3.05) is 7.11 Å². The van der Waals surface area contributed by atoms with Crippen molar-refractivity contribution < 1.29 is 9.53 Å². The number of rotatable bonds is 3. The molecule has 0 radical (unpaired) electrons. The summed E-state index contributed by atoms with van der Waals surface area (Å²) in [6.07, 6.45) is 0.247. The second-order valence-corrected chi connectivity index (χ2v) is 2.81. The maximum absolute atomic E-state index is 11.0. The number of esters is 1. The van der Waals surface area contributed by atoms with Crippen molar-refractivity contribution in [3.63, 3.8) is 0 Å². The molecule has 0 fully saturated rings. The lowest BCUT2D eigenvalue weighted by Gasteiger charge is -1.99. The number of carbonyl (C=O) groups excluding carboxylic acids is 1. The van der Waals surface area contributed by atoms with Crippen LogP contribution in [0.4, 0.5) is 5.69 Å². The number of carbonyl (C=O) groups is 1. The Labute approximate surface area is 87.4 Å². The van der Waals surface area contributed by atoms with Crippen molar-refractivity contribution in [3.8, 4) is 0 Å². The molecule has 0 amide bonds. The number of nitrogens with zero attached hydrogens (tertiary/aromatic N) is 1. The first-order valence-electron chi connectivity index (χ1n) is 4.00. The van der Waals surface area contributed by atoms with E-state index in [0.717, 1.165) is 5.56 Å². The summed E-state index contributed by atoms with van der Waals surface area (Å²) in [4.78, 5) is 14.8. The molecule has 0 aromatic heterocycles. The van der Waals surface area contributed by atoms with Crippen molar-refractivity contribution in [1.82, 2.24) is 0 Å². The van der Waals surface area contributed by atoms with E-state index in [1.54, 1.807) is 12.1 Å². The molecule has 1 rings (SSSR count). The van der Waals surface area contributed by atoms with Crippen LogP contribution in [0.1, 0.15) is 5.56 Å². The molecule has 0 spiro atoms. The molecule has 3 nitrogen and oxygen atoms in total. The summed E-state index contributed by atoms with van der Waals surface area (Å²) in [6.45, 7) is 0. The highest BCUT2D eigenvalue weighted by atomic mass is 32.1. The van der Waals surface area contributed by atoms with Crippen molar-refractivity contribution in [1.29, 1.82) is 0 Å². The van der Waals surface area contributed by atoms with Crippen LogP contribution in [-0.2, 0) is 16.0 Å². The zero-order valence-electron chi connectivity index (χ0n) is 7.69. The number of ether oxygens (including phenoxy) is 1. The maximum Gasteiger partial charge on any atom is 0.309 e. The summed E-state index contributed by atoms with van der Waals surface area (Å²) in [5, 5.41) is 2.27. The molecule has 0 aliphatic carbocycles. The molecule has 4 heteroatoms. The van der Waals surface area contributed by atoms with Gasteiger partial charge in [0.15, 0.2) is 0 Å². The van der Waals surface area contributed by atoms with Gasteiger partial charge in [-0.05, 0) is 29.9 Å². The average molecular weight is 207 g/mol. The molecular formula is C10H9NO2S. The zero-order chi connectivity index (χ0) is 10.4. The van der Waals surface area contributed by atoms with E-state index < -0.39 is 0 Å². The molecule has 0 atom stereocenters. The first-order valence-corrected chi connectivity index (χ1v) is 4.40. The van der Waals surface area contributed by atoms with Crippen molar-refractivity contribution in [2.45, 2.75) is 6.42 Å². The van der Waals surface area contributed by atoms with Gasteiger partial charge in [0.25, 0.3) is 0 Å². The molecule has 0 saturated carbocycles. The van der Waals surface area contributed by atoms with Crippen molar-refractivity contribution >= 4 is 29.0 Å². The van der Waals surface area contributed by atoms with Gasteiger partial charge in [0, 0.05) is 0 Å². The number of methoxy groups -OCH3 is 1. The third-order valence-corrected chi connectivity index (χ3v) is 1.75. The molecule has 0 heterocycles. The van der Waals surface area contributed by atoms with Gasteiger partial charge in [0.2, 0.25) is 0 Å². The molecular weight excluding hydrogens is 198 g/mol. The van der Waals surface area contributed by atoms with Gasteiger partial charge in [-0.2, -0.15) is 4.99 Å². The average Bonchev–Trinajstić information content (AvgIpc) is 2.19. The number of thiocarbonyl (C=S) groups is 1. The number of isothiocyanates is 1. The van der Waals surface area contributed by atoms with Gasteiger partial charge in [0.1, 0.15) is 0 Å². The minimum absolute atomic E-state index is 0.247. The first kappa shape index (κ1) is 10.6. The molecule has 1 aromatic carbocycles. The summed E-state index contributed by atoms with van der Waals surface area (Å²) in [5.41, 5.74) is 1.55. The molecule has 0 N–H and O–H groups in total. The zero-order valence-corrected chi connectivity index (χ0v) is 8.50. The Morgan fingerprint density at radius 3 is 3.07 bits per heavy atom. The number of hydrogen-bond donors (Lipinski definition) is 0. The predicted octanol–water partition coefficient (Wildman–Crippen LogP) is 2.14. The first-order chi connectivity index (χ1) is 6.76. The fourth-order valence-corrected chi connectivity index (χ4v) is 1.13. The number of aliphatic imine (C=N–C) groups is 1. The lowest BCUT2D eigenvalue weighted by Crippen LogP contribution is -2.03. The van der Waals surface area contributed by atoms with E-state index in [2.05, 4.69) is 27.1 Å². The fraction of sp³-hybridized carbons (Fsp3) is 0.200. The van der Waals surface area contributed by atoms with Crippen LogP contribution in [0.3, 0.4) is 0 Å². The van der Waals surface area contributed by atoms with Crippen LogP contribution in [0.2, 0.25) is 0 Å². The van der Waals surface area contributed by atoms with Crippen LogP contribution >= 0.6 is 12.2 Å². The molecule has 0 bridgehead atoms. The van der Waals surface area contributed by atoms with Crippen molar-refractivity contribution in [2.24, 2.45) is 4.99 Å². The summed E-state index contributed by atoms with van der Waals surface area (Å²) in [7, 11) is 1.36. The van der Waals surface area contributed by atoms with Gasteiger partial charge in [-0.15, -0.1) is 0 Å². The van der Waals surface area contributed by atoms with E-state index in [1.165, 1.54) is 7.11 Å². The minimum Gasteiger partial charge on any atom is -0.469 e. The van der Waals surface area contributed by atoms with E-state index in [9.17, 15) is 4.79 Å². The van der Waals surface area contributed by atoms with Crippen molar-refractivity contribution in [3.05, 3.63) is 29.8 Å². The van der Waals surface area contributed by atoms with Gasteiger partial charge in [-0.1, -0.05) is 12.1 Å². The Balaban J connectivity index is 2.83. The largest absolute Gasteiger partial charge is 0.469 e. The fourth-order valence-electron chi connectivity index (χ4n) is 1.03. The molecule has 0 unspecified atom stereocenters. The predicted molar refractivity (Wildman–Crippen MR) is 56.8 cm³/mol. The normalized spacial score (nSPS) is 8.93. The Kier molecular flexibility index (Phi) is 3.98. The standard InChI is InChI=1S/C10H9NO2S/c1-13-10(12)6-8-3-2-4-9(5-8)11-7-14/h2-5H,6H2,1H3. The van der Waals surface area contributed by atoms with E-state index in [0.29, 0.717) is 5.69 Å². The van der Waals surface area contributed by atoms with Gasteiger partial charge < -0.3 is 4.74 Å². The molecule has 0 aliphatic heterocycles. The Bertz CT molecular complexity index is 383. The van der Waals surface area contributed by atoms with E-state index in [4.69, 9.17) is 0 Å². The van der Waals surface area contributed by atoms with Crippen LogP contribution in [0.5, 0.6) is 0 Å². The third-order valence-electron chi connectivity index (χ3n) is 1.66. The van der Waals surface area contributed by atoms with Gasteiger partial charge in [0.05, 0.1) is 24.4 Å². The lowest BCUT2D eigenvalue weighted by molar-refractivity contribution is -0.139. The Morgan fingerprint density at radius 1 is 1.64 bits per heavy atom. The van der Waals surface area contributed by atoms with E-state index >= 15 is 0 Å². The van der Waals surface area contributed by atoms with E-state index in [1.807, 2.05) is 12.1 Å². The van der Waals surface area contributed by atoms with Gasteiger partial charge >= 0.3 is 5.97 Å². The minimum atomic E-state index is -0.270. The highest BCUT2D eigenvalue weighted by Gasteiger charge is 2.02. The summed E-state index contributed by atoms with van der Waals surface area (Å²) in [5.74, 6) is -0.270. The highest BCUT2D eigenvalue weighted by Crippen LogP contribution is 2.13. The number of benzene rings is 1. The monoisotopic (exact) mass is 207 g/mol. The van der Waals surface area contributed by atoms with Crippen LogP contribution in [0.25, 0.3) is 0 Å². The SMILES string of the molecule is COC(=O)Cc1cccc(N=C=S)c1. The quantitative estimate of drug-likeness (QED) is 0.433. The molecule has 72 valence electrons. The molecule has 0 saturated heterocycles. The van der Waals surface area contributed by atoms with Crippen LogP contribution in [-0.4, -0.2) is 18.2 Å². The summed E-state index contributed by atoms with van der Waals surface area (Å²) in [6, 6.07) is 7.21. The van der Waals surface area contributed by atoms with E-state index in [-0.39, 0.29) is 12.4 Å². The molecule has 14 heavy (non-hydrogen) atoms. The van der Waals surface area contributed by atoms with Crippen LogP contribution in [0, 0.1) is 0 Å². The Morgan fingerprint density at radius 2 is 2.43 bits per heavy atom. The number of hydrogen-bond acceptors (Lipinski definition) is 4. The third kappa shape index (κ3) is 3.09.